The molecular formula is C18H13FN2O2S. The predicted octanol–water partition coefficient (Wildman–Crippen LogP) is 4.29. The first-order valence-corrected chi connectivity index (χ1v) is 8.38. The number of thioether (sulfide) groups is 1. The van der Waals surface area contributed by atoms with Crippen LogP contribution in [0.25, 0.3) is 16.9 Å². The van der Waals surface area contributed by atoms with Crippen molar-refractivity contribution in [3.05, 3.63) is 65.1 Å². The number of hydrogen-bond donors (Lipinski definition) is 1. The fourth-order valence-electron chi connectivity index (χ4n) is 2.96. The third-order valence-electron chi connectivity index (χ3n) is 4.10. The molecule has 120 valence electrons. The molecule has 0 spiro atoms. The largest absolute Gasteiger partial charge is 0.476 e. The SMILES string of the molecule is Cc1ccc(F)cc1-n1nc(C(=O)O)c2c1-c1ccccc1SC2. The van der Waals surface area contributed by atoms with Crippen LogP contribution in [0.15, 0.2) is 47.4 Å². The van der Waals surface area contributed by atoms with Crippen LogP contribution in [0.3, 0.4) is 0 Å². The van der Waals surface area contributed by atoms with E-state index in [-0.39, 0.29) is 11.5 Å². The van der Waals surface area contributed by atoms with Crippen LogP contribution in [-0.2, 0) is 5.75 Å². The maximum absolute atomic E-state index is 13.8. The van der Waals surface area contributed by atoms with Crippen LogP contribution < -0.4 is 0 Å². The molecule has 4 nitrogen and oxygen atoms in total. The molecule has 1 N–H and O–H groups in total. The maximum atomic E-state index is 13.8. The third kappa shape index (κ3) is 2.22. The monoisotopic (exact) mass is 340 g/mol. The van der Waals surface area contributed by atoms with Crippen LogP contribution in [0.2, 0.25) is 0 Å². The highest BCUT2D eigenvalue weighted by Crippen LogP contribution is 2.43. The van der Waals surface area contributed by atoms with E-state index in [0.29, 0.717) is 17.0 Å². The van der Waals surface area contributed by atoms with E-state index in [4.69, 9.17) is 0 Å². The fourth-order valence-corrected chi connectivity index (χ4v) is 4.03. The van der Waals surface area contributed by atoms with Crippen molar-refractivity contribution < 1.29 is 14.3 Å². The molecule has 1 aromatic heterocycles. The number of aromatic carboxylic acids is 1. The Labute approximate surface area is 141 Å². The summed E-state index contributed by atoms with van der Waals surface area (Å²) < 4.78 is 15.3. The first kappa shape index (κ1) is 15.0. The molecule has 0 radical (unpaired) electrons. The summed E-state index contributed by atoms with van der Waals surface area (Å²) >= 11 is 1.59. The zero-order valence-electron chi connectivity index (χ0n) is 12.8. The molecule has 4 rings (SSSR count). The second-order valence-electron chi connectivity index (χ2n) is 5.61. The minimum absolute atomic E-state index is 0.0238. The number of hydrogen-bond acceptors (Lipinski definition) is 3. The van der Waals surface area contributed by atoms with Gasteiger partial charge in [-0.2, -0.15) is 5.10 Å². The van der Waals surface area contributed by atoms with Crippen LogP contribution in [0, 0.1) is 12.7 Å². The Bertz CT molecular complexity index is 981. The molecule has 6 heteroatoms. The molecule has 0 atom stereocenters. The van der Waals surface area contributed by atoms with Crippen molar-refractivity contribution in [2.75, 3.05) is 0 Å². The summed E-state index contributed by atoms with van der Waals surface area (Å²) in [5.74, 6) is -0.920. The highest BCUT2D eigenvalue weighted by molar-refractivity contribution is 7.98. The molecule has 0 fully saturated rings. The average Bonchev–Trinajstić information content (AvgIpc) is 2.97. The zero-order chi connectivity index (χ0) is 16.8. The minimum atomic E-state index is -1.07. The van der Waals surface area contributed by atoms with Gasteiger partial charge < -0.3 is 5.11 Å². The van der Waals surface area contributed by atoms with Crippen molar-refractivity contribution in [3.63, 3.8) is 0 Å². The number of carboxylic acid groups (broad SMARTS) is 1. The molecule has 1 aliphatic heterocycles. The normalized spacial score (nSPS) is 12.6. The summed E-state index contributed by atoms with van der Waals surface area (Å²) in [5.41, 5.74) is 3.74. The summed E-state index contributed by atoms with van der Waals surface area (Å²) in [5, 5.41) is 13.8. The number of carbonyl (C=O) groups is 1. The van der Waals surface area contributed by atoms with Gasteiger partial charge >= 0.3 is 5.97 Å². The Morgan fingerprint density at radius 1 is 1.29 bits per heavy atom. The standard InChI is InChI=1S/C18H13FN2O2S/c1-10-6-7-11(19)8-14(10)21-17-12-4-2-3-5-15(12)24-9-13(17)16(20-21)18(22)23/h2-8H,9H2,1H3,(H,22,23). The number of aromatic nitrogens is 2. The van der Waals surface area contributed by atoms with Crippen LogP contribution in [0.5, 0.6) is 0 Å². The number of halogens is 1. The number of fused-ring (bicyclic) bond motifs is 3. The van der Waals surface area contributed by atoms with E-state index in [1.54, 1.807) is 22.5 Å². The lowest BCUT2D eigenvalue weighted by atomic mass is 10.1. The first-order valence-electron chi connectivity index (χ1n) is 7.40. The van der Waals surface area contributed by atoms with Gasteiger partial charge in [-0.3, -0.25) is 0 Å². The van der Waals surface area contributed by atoms with Gasteiger partial charge in [0.2, 0.25) is 0 Å². The van der Waals surface area contributed by atoms with E-state index in [9.17, 15) is 14.3 Å². The molecule has 0 bridgehead atoms. The number of benzene rings is 2. The number of aryl methyl sites for hydroxylation is 1. The van der Waals surface area contributed by atoms with Gasteiger partial charge in [0, 0.05) is 21.8 Å². The highest BCUT2D eigenvalue weighted by atomic mass is 32.2. The Hall–Kier alpha value is -2.60. The van der Waals surface area contributed by atoms with Gasteiger partial charge in [0.05, 0.1) is 11.4 Å². The number of carboxylic acids is 1. The number of rotatable bonds is 2. The Balaban J connectivity index is 2.07. The average molecular weight is 340 g/mol. The Morgan fingerprint density at radius 2 is 2.08 bits per heavy atom. The topological polar surface area (TPSA) is 55.1 Å². The van der Waals surface area contributed by atoms with Gasteiger partial charge in [-0.15, -0.1) is 11.8 Å². The molecule has 24 heavy (non-hydrogen) atoms. The second kappa shape index (κ2) is 5.49. The van der Waals surface area contributed by atoms with Crippen LogP contribution >= 0.6 is 11.8 Å². The van der Waals surface area contributed by atoms with Crippen molar-refractivity contribution in [1.29, 1.82) is 0 Å². The van der Waals surface area contributed by atoms with E-state index in [1.807, 2.05) is 31.2 Å². The summed E-state index contributed by atoms with van der Waals surface area (Å²) in [6.45, 7) is 1.85. The Kier molecular flexibility index (Phi) is 3.42. The van der Waals surface area contributed by atoms with Crippen molar-refractivity contribution >= 4 is 17.7 Å². The van der Waals surface area contributed by atoms with Crippen molar-refractivity contribution in [1.82, 2.24) is 9.78 Å². The summed E-state index contributed by atoms with van der Waals surface area (Å²) in [7, 11) is 0. The smallest absolute Gasteiger partial charge is 0.356 e. The van der Waals surface area contributed by atoms with Crippen LogP contribution in [-0.4, -0.2) is 20.9 Å². The Morgan fingerprint density at radius 3 is 2.88 bits per heavy atom. The van der Waals surface area contributed by atoms with Crippen molar-refractivity contribution in [2.45, 2.75) is 17.6 Å². The molecule has 0 unspecified atom stereocenters. The van der Waals surface area contributed by atoms with Gasteiger partial charge in [0.25, 0.3) is 0 Å². The molecule has 2 aromatic carbocycles. The van der Waals surface area contributed by atoms with Crippen molar-refractivity contribution in [2.24, 2.45) is 0 Å². The van der Waals surface area contributed by atoms with Crippen LogP contribution in [0.1, 0.15) is 21.6 Å². The third-order valence-corrected chi connectivity index (χ3v) is 5.20. The zero-order valence-corrected chi connectivity index (χ0v) is 13.6. The quantitative estimate of drug-likeness (QED) is 0.756. The number of nitrogens with zero attached hydrogens (tertiary/aromatic N) is 2. The molecule has 0 aliphatic carbocycles. The lowest BCUT2D eigenvalue weighted by Crippen LogP contribution is -2.05. The van der Waals surface area contributed by atoms with E-state index >= 15 is 0 Å². The predicted molar refractivity (Wildman–Crippen MR) is 90.2 cm³/mol. The molecule has 3 aromatic rings. The van der Waals surface area contributed by atoms with E-state index in [0.717, 1.165) is 21.7 Å². The molecule has 1 aliphatic rings. The van der Waals surface area contributed by atoms with Crippen LogP contribution in [0.4, 0.5) is 4.39 Å². The molecule has 0 saturated heterocycles. The molecular weight excluding hydrogens is 327 g/mol. The lowest BCUT2D eigenvalue weighted by molar-refractivity contribution is 0.0689. The summed E-state index contributed by atoms with van der Waals surface area (Å²) in [6, 6.07) is 12.2. The van der Waals surface area contributed by atoms with Crippen molar-refractivity contribution in [3.8, 4) is 16.9 Å². The molecule has 0 saturated carbocycles. The van der Waals surface area contributed by atoms with E-state index in [1.165, 1.54) is 12.1 Å². The van der Waals surface area contributed by atoms with Gasteiger partial charge in [-0.05, 0) is 30.7 Å². The highest BCUT2D eigenvalue weighted by Gasteiger charge is 2.29. The van der Waals surface area contributed by atoms with Gasteiger partial charge in [-0.25, -0.2) is 13.9 Å². The maximum Gasteiger partial charge on any atom is 0.356 e. The van der Waals surface area contributed by atoms with Gasteiger partial charge in [0.15, 0.2) is 5.69 Å². The first-order chi connectivity index (χ1) is 11.6. The van der Waals surface area contributed by atoms with Gasteiger partial charge in [0.1, 0.15) is 5.82 Å². The fraction of sp³-hybridized carbons (Fsp3) is 0.111. The van der Waals surface area contributed by atoms with E-state index < -0.39 is 5.97 Å². The summed E-state index contributed by atoms with van der Waals surface area (Å²) in [6.07, 6.45) is 0. The second-order valence-corrected chi connectivity index (χ2v) is 6.63. The molecule has 2 heterocycles. The summed E-state index contributed by atoms with van der Waals surface area (Å²) in [4.78, 5) is 12.7. The lowest BCUT2D eigenvalue weighted by Gasteiger charge is -2.18. The van der Waals surface area contributed by atoms with Gasteiger partial charge in [-0.1, -0.05) is 24.3 Å². The van der Waals surface area contributed by atoms with E-state index in [2.05, 4.69) is 5.10 Å². The minimum Gasteiger partial charge on any atom is -0.476 e. The molecule has 0 amide bonds.